The Kier molecular flexibility index (Phi) is 1.90. The van der Waals surface area contributed by atoms with Crippen LogP contribution in [0.15, 0.2) is 0 Å². The molecule has 0 aromatic heterocycles. The molecule has 0 radical (unpaired) electrons. The predicted molar refractivity (Wildman–Crippen MR) is 44.5 cm³/mol. The van der Waals surface area contributed by atoms with Crippen LogP contribution in [0.5, 0.6) is 0 Å². The van der Waals surface area contributed by atoms with Crippen LogP contribution in [0.4, 0.5) is 0 Å². The lowest BCUT2D eigenvalue weighted by atomic mass is 9.63. The molecular formula is C9H17NO. The van der Waals surface area contributed by atoms with E-state index in [2.05, 4.69) is 5.32 Å². The summed E-state index contributed by atoms with van der Waals surface area (Å²) in [6.07, 6.45) is 4.28. The normalized spacial score (nSPS) is 34.1. The van der Waals surface area contributed by atoms with Gasteiger partial charge in [0.25, 0.3) is 0 Å². The largest absolute Gasteiger partial charge is 0.384 e. The molecule has 2 nitrogen and oxygen atoms in total. The molecule has 2 fully saturated rings. The number of rotatable bonds is 2. The molecule has 1 atom stereocenters. The van der Waals surface area contributed by atoms with E-state index in [9.17, 15) is 0 Å². The van der Waals surface area contributed by atoms with Crippen LogP contribution < -0.4 is 5.32 Å². The van der Waals surface area contributed by atoms with Crippen LogP contribution in [0.2, 0.25) is 0 Å². The monoisotopic (exact) mass is 155 g/mol. The summed E-state index contributed by atoms with van der Waals surface area (Å²) in [7, 11) is 1.81. The van der Waals surface area contributed by atoms with Crippen molar-refractivity contribution >= 4 is 0 Å². The van der Waals surface area contributed by atoms with Gasteiger partial charge in [0, 0.05) is 26.1 Å². The summed E-state index contributed by atoms with van der Waals surface area (Å²) in [6.45, 7) is 3.36. The maximum atomic E-state index is 5.22. The molecule has 1 spiro atoms. The second-order valence-corrected chi connectivity index (χ2v) is 4.00. The Morgan fingerprint density at radius 2 is 2.36 bits per heavy atom. The van der Waals surface area contributed by atoms with Crippen LogP contribution in [0, 0.1) is 11.3 Å². The van der Waals surface area contributed by atoms with E-state index < -0.39 is 0 Å². The molecule has 0 aromatic rings. The van der Waals surface area contributed by atoms with Crippen molar-refractivity contribution in [2.75, 3.05) is 26.8 Å². The number of nitrogens with one attached hydrogen (secondary N) is 1. The van der Waals surface area contributed by atoms with Gasteiger partial charge in [-0.15, -0.1) is 0 Å². The number of ether oxygens (including phenoxy) is 1. The molecule has 1 heterocycles. The Balaban J connectivity index is 1.96. The highest BCUT2D eigenvalue weighted by Gasteiger charge is 2.46. The second kappa shape index (κ2) is 2.76. The van der Waals surface area contributed by atoms with Crippen molar-refractivity contribution in [3.8, 4) is 0 Å². The minimum atomic E-state index is 0.649. The molecule has 2 rings (SSSR count). The molecule has 1 aliphatic carbocycles. The lowest BCUT2D eigenvalue weighted by molar-refractivity contribution is 0.0381. The van der Waals surface area contributed by atoms with Gasteiger partial charge < -0.3 is 10.1 Å². The molecule has 1 aliphatic heterocycles. The fourth-order valence-electron chi connectivity index (χ4n) is 2.51. The minimum Gasteiger partial charge on any atom is -0.384 e. The third-order valence-corrected chi connectivity index (χ3v) is 3.45. The molecule has 1 saturated heterocycles. The molecule has 1 N–H and O–H groups in total. The van der Waals surface area contributed by atoms with Crippen molar-refractivity contribution in [2.24, 2.45) is 11.3 Å². The van der Waals surface area contributed by atoms with Crippen molar-refractivity contribution in [2.45, 2.75) is 19.3 Å². The highest BCUT2D eigenvalue weighted by Crippen LogP contribution is 2.48. The van der Waals surface area contributed by atoms with Gasteiger partial charge in [-0.25, -0.2) is 0 Å². The van der Waals surface area contributed by atoms with E-state index >= 15 is 0 Å². The zero-order chi connectivity index (χ0) is 7.73. The van der Waals surface area contributed by atoms with E-state index in [1.165, 1.54) is 32.4 Å². The lowest BCUT2D eigenvalue weighted by Crippen LogP contribution is -2.38. The lowest BCUT2D eigenvalue weighted by Gasteiger charge is -2.42. The van der Waals surface area contributed by atoms with Gasteiger partial charge in [0.05, 0.1) is 6.61 Å². The van der Waals surface area contributed by atoms with Gasteiger partial charge in [-0.05, 0) is 18.3 Å². The Morgan fingerprint density at radius 3 is 2.91 bits per heavy atom. The SMILES string of the molecule is COCC1CNCC12CCC2. The van der Waals surface area contributed by atoms with Crippen molar-refractivity contribution in [3.63, 3.8) is 0 Å². The molecule has 0 amide bonds. The summed E-state index contributed by atoms with van der Waals surface area (Å²) < 4.78 is 5.22. The van der Waals surface area contributed by atoms with Crippen molar-refractivity contribution in [1.82, 2.24) is 5.32 Å². The van der Waals surface area contributed by atoms with Crippen LogP contribution in [-0.4, -0.2) is 26.8 Å². The first-order chi connectivity index (χ1) is 5.37. The number of methoxy groups -OCH3 is 1. The van der Waals surface area contributed by atoms with E-state index in [0.29, 0.717) is 5.41 Å². The standard InChI is InChI=1S/C9H17NO/c1-11-6-8-5-10-7-9(8)3-2-4-9/h8,10H,2-7H2,1H3. The molecule has 1 saturated carbocycles. The van der Waals surface area contributed by atoms with Crippen molar-refractivity contribution in [1.29, 1.82) is 0 Å². The molecule has 0 bridgehead atoms. The maximum absolute atomic E-state index is 5.22. The Hall–Kier alpha value is -0.0800. The molecule has 2 aliphatic rings. The summed E-state index contributed by atoms with van der Waals surface area (Å²) in [5, 5.41) is 3.47. The van der Waals surface area contributed by atoms with Crippen LogP contribution in [-0.2, 0) is 4.74 Å². The maximum Gasteiger partial charge on any atom is 0.0508 e. The Bertz CT molecular complexity index is 142. The van der Waals surface area contributed by atoms with Gasteiger partial charge in [-0.3, -0.25) is 0 Å². The van der Waals surface area contributed by atoms with E-state index in [1.54, 1.807) is 0 Å². The van der Waals surface area contributed by atoms with Crippen LogP contribution in [0.25, 0.3) is 0 Å². The topological polar surface area (TPSA) is 21.3 Å². The summed E-state index contributed by atoms with van der Waals surface area (Å²) in [5.74, 6) is 0.793. The molecule has 2 heteroatoms. The van der Waals surface area contributed by atoms with Gasteiger partial charge >= 0.3 is 0 Å². The molecule has 11 heavy (non-hydrogen) atoms. The van der Waals surface area contributed by atoms with Crippen LogP contribution in [0.3, 0.4) is 0 Å². The minimum absolute atomic E-state index is 0.649. The Labute approximate surface area is 68.3 Å². The number of hydrogen-bond acceptors (Lipinski definition) is 2. The van der Waals surface area contributed by atoms with E-state index in [0.717, 1.165) is 12.5 Å². The first-order valence-corrected chi connectivity index (χ1v) is 4.57. The third kappa shape index (κ3) is 1.09. The summed E-state index contributed by atoms with van der Waals surface area (Å²) in [6, 6.07) is 0. The average Bonchev–Trinajstić information content (AvgIpc) is 2.31. The molecule has 64 valence electrons. The highest BCUT2D eigenvalue weighted by atomic mass is 16.5. The summed E-state index contributed by atoms with van der Waals surface area (Å²) >= 11 is 0. The first kappa shape index (κ1) is 7.56. The molecule has 1 unspecified atom stereocenters. The second-order valence-electron chi connectivity index (χ2n) is 4.00. The zero-order valence-electron chi connectivity index (χ0n) is 7.23. The van der Waals surface area contributed by atoms with Crippen molar-refractivity contribution < 1.29 is 4.74 Å². The van der Waals surface area contributed by atoms with E-state index in [4.69, 9.17) is 4.74 Å². The fraction of sp³-hybridized carbons (Fsp3) is 1.00. The van der Waals surface area contributed by atoms with Gasteiger partial charge in [0.2, 0.25) is 0 Å². The van der Waals surface area contributed by atoms with Crippen LogP contribution in [0.1, 0.15) is 19.3 Å². The molecule has 0 aromatic carbocycles. The summed E-state index contributed by atoms with van der Waals surface area (Å²) in [4.78, 5) is 0. The molecular weight excluding hydrogens is 138 g/mol. The fourth-order valence-corrected chi connectivity index (χ4v) is 2.51. The van der Waals surface area contributed by atoms with Gasteiger partial charge in [0.15, 0.2) is 0 Å². The average molecular weight is 155 g/mol. The van der Waals surface area contributed by atoms with Crippen molar-refractivity contribution in [3.05, 3.63) is 0 Å². The van der Waals surface area contributed by atoms with Gasteiger partial charge in [0.1, 0.15) is 0 Å². The smallest absolute Gasteiger partial charge is 0.0508 e. The van der Waals surface area contributed by atoms with E-state index in [1.807, 2.05) is 7.11 Å². The quantitative estimate of drug-likeness (QED) is 0.643. The van der Waals surface area contributed by atoms with Gasteiger partial charge in [-0.2, -0.15) is 0 Å². The number of hydrogen-bond donors (Lipinski definition) is 1. The van der Waals surface area contributed by atoms with E-state index in [-0.39, 0.29) is 0 Å². The Morgan fingerprint density at radius 1 is 1.55 bits per heavy atom. The summed E-state index contributed by atoms with van der Waals surface area (Å²) in [5.41, 5.74) is 0.649. The third-order valence-electron chi connectivity index (χ3n) is 3.45. The first-order valence-electron chi connectivity index (χ1n) is 4.57. The zero-order valence-corrected chi connectivity index (χ0v) is 7.23. The van der Waals surface area contributed by atoms with Gasteiger partial charge in [-0.1, -0.05) is 6.42 Å². The van der Waals surface area contributed by atoms with Crippen LogP contribution >= 0.6 is 0 Å². The highest BCUT2D eigenvalue weighted by molar-refractivity contribution is 4.99. The predicted octanol–water partition coefficient (Wildman–Crippen LogP) is 1.02.